The number of fused-ring (bicyclic) bond motifs is 1. The highest BCUT2D eigenvalue weighted by atomic mass is 16.4. The van der Waals surface area contributed by atoms with Gasteiger partial charge in [-0.2, -0.15) is 0 Å². The number of anilines is 1. The van der Waals surface area contributed by atoms with E-state index in [4.69, 9.17) is 6.42 Å². The second-order valence-corrected chi connectivity index (χ2v) is 4.18. The number of hydrogen-bond donors (Lipinski definition) is 1. The van der Waals surface area contributed by atoms with Crippen LogP contribution in [0.15, 0.2) is 6.07 Å². The van der Waals surface area contributed by atoms with E-state index in [0.29, 0.717) is 12.4 Å². The van der Waals surface area contributed by atoms with Crippen LogP contribution in [-0.2, 0) is 12.8 Å². The molecule has 0 fully saturated rings. The molecule has 0 unspecified atom stereocenters. The van der Waals surface area contributed by atoms with Gasteiger partial charge in [-0.15, -0.1) is 6.42 Å². The van der Waals surface area contributed by atoms with Crippen molar-refractivity contribution >= 4 is 11.8 Å². The van der Waals surface area contributed by atoms with Crippen LogP contribution in [0.2, 0.25) is 0 Å². The lowest BCUT2D eigenvalue weighted by molar-refractivity contribution is 0.0697. The van der Waals surface area contributed by atoms with Crippen LogP contribution in [0.4, 0.5) is 5.82 Å². The van der Waals surface area contributed by atoms with Crippen molar-refractivity contribution < 1.29 is 9.90 Å². The highest BCUT2D eigenvalue weighted by Crippen LogP contribution is 2.26. The maximum atomic E-state index is 11.2. The maximum Gasteiger partial charge on any atom is 0.339 e. The quantitative estimate of drug-likeness (QED) is 0.796. The van der Waals surface area contributed by atoms with Gasteiger partial charge in [-0.25, -0.2) is 9.78 Å². The summed E-state index contributed by atoms with van der Waals surface area (Å²) in [5.41, 5.74) is 2.30. The van der Waals surface area contributed by atoms with E-state index in [1.54, 1.807) is 18.0 Å². The van der Waals surface area contributed by atoms with Crippen LogP contribution in [0.5, 0.6) is 0 Å². The summed E-state index contributed by atoms with van der Waals surface area (Å²) in [4.78, 5) is 17.4. The average molecular weight is 230 g/mol. The number of aromatic carboxylic acids is 1. The fourth-order valence-electron chi connectivity index (χ4n) is 2.12. The topological polar surface area (TPSA) is 53.4 Å². The van der Waals surface area contributed by atoms with Gasteiger partial charge in [0.15, 0.2) is 0 Å². The summed E-state index contributed by atoms with van der Waals surface area (Å²) in [6, 6.07) is 1.74. The Morgan fingerprint density at radius 1 is 1.65 bits per heavy atom. The predicted octanol–water partition coefficient (Wildman–Crippen LogP) is 1.34. The molecule has 0 spiro atoms. The number of aryl methyl sites for hydroxylation is 2. The Morgan fingerprint density at radius 2 is 2.41 bits per heavy atom. The van der Waals surface area contributed by atoms with Crippen molar-refractivity contribution in [3.63, 3.8) is 0 Å². The first kappa shape index (κ1) is 11.5. The zero-order chi connectivity index (χ0) is 12.4. The van der Waals surface area contributed by atoms with Crippen LogP contribution in [-0.4, -0.2) is 29.7 Å². The number of carboxylic acids is 1. The van der Waals surface area contributed by atoms with Crippen molar-refractivity contribution in [2.24, 2.45) is 0 Å². The zero-order valence-electron chi connectivity index (χ0n) is 9.73. The van der Waals surface area contributed by atoms with Gasteiger partial charge in [-0.3, -0.25) is 0 Å². The molecule has 0 radical (unpaired) electrons. The molecule has 0 atom stereocenters. The molecular formula is C13H14N2O2. The average Bonchev–Trinajstić information content (AvgIpc) is 2.74. The van der Waals surface area contributed by atoms with Crippen LogP contribution in [0, 0.1) is 12.3 Å². The molecule has 4 heteroatoms. The van der Waals surface area contributed by atoms with Crippen LogP contribution in [0.1, 0.15) is 28.0 Å². The Hall–Kier alpha value is -2.02. The van der Waals surface area contributed by atoms with Gasteiger partial charge in [0.05, 0.1) is 6.54 Å². The maximum absolute atomic E-state index is 11.2. The van der Waals surface area contributed by atoms with Crippen LogP contribution < -0.4 is 4.90 Å². The van der Waals surface area contributed by atoms with Gasteiger partial charge in [0.2, 0.25) is 0 Å². The molecule has 1 aromatic rings. The van der Waals surface area contributed by atoms with Gasteiger partial charge in [0, 0.05) is 12.7 Å². The standard InChI is InChI=1S/C13H14N2O2/c1-3-7-15(2)12-10(13(16)17)8-9-5-4-6-11(9)14-12/h1,8H,4-7H2,2H3,(H,16,17). The third-order valence-electron chi connectivity index (χ3n) is 2.95. The lowest BCUT2D eigenvalue weighted by atomic mass is 10.1. The molecule has 88 valence electrons. The van der Waals surface area contributed by atoms with Crippen molar-refractivity contribution in [1.29, 1.82) is 0 Å². The fraction of sp³-hybridized carbons (Fsp3) is 0.385. The lowest BCUT2D eigenvalue weighted by Gasteiger charge is -2.18. The number of carboxylic acid groups (broad SMARTS) is 1. The third-order valence-corrected chi connectivity index (χ3v) is 2.95. The van der Waals surface area contributed by atoms with Gasteiger partial charge in [0.25, 0.3) is 0 Å². The van der Waals surface area contributed by atoms with Crippen molar-refractivity contribution in [2.45, 2.75) is 19.3 Å². The van der Waals surface area contributed by atoms with E-state index in [9.17, 15) is 9.90 Å². The number of rotatable bonds is 3. The monoisotopic (exact) mass is 230 g/mol. The molecule has 1 aliphatic carbocycles. The molecule has 2 rings (SSSR count). The highest BCUT2D eigenvalue weighted by Gasteiger charge is 2.21. The summed E-state index contributed by atoms with van der Waals surface area (Å²) in [6.45, 7) is 0.353. The van der Waals surface area contributed by atoms with E-state index in [0.717, 1.165) is 30.5 Å². The van der Waals surface area contributed by atoms with E-state index in [2.05, 4.69) is 10.9 Å². The first-order chi connectivity index (χ1) is 8.13. The minimum Gasteiger partial charge on any atom is -0.478 e. The number of pyridine rings is 1. The molecular weight excluding hydrogens is 216 g/mol. The Bertz CT molecular complexity index is 503. The number of hydrogen-bond acceptors (Lipinski definition) is 3. The van der Waals surface area contributed by atoms with E-state index in [-0.39, 0.29) is 5.56 Å². The minimum atomic E-state index is -0.953. The number of terminal acetylenes is 1. The molecule has 1 aromatic heterocycles. The fourth-order valence-corrected chi connectivity index (χ4v) is 2.12. The molecule has 0 aromatic carbocycles. The molecule has 17 heavy (non-hydrogen) atoms. The first-order valence-corrected chi connectivity index (χ1v) is 5.54. The van der Waals surface area contributed by atoms with E-state index >= 15 is 0 Å². The first-order valence-electron chi connectivity index (χ1n) is 5.54. The van der Waals surface area contributed by atoms with Crippen molar-refractivity contribution in [3.8, 4) is 12.3 Å². The zero-order valence-corrected chi connectivity index (χ0v) is 9.73. The normalized spacial score (nSPS) is 12.9. The van der Waals surface area contributed by atoms with Crippen molar-refractivity contribution in [2.75, 3.05) is 18.5 Å². The minimum absolute atomic E-state index is 0.239. The number of nitrogens with zero attached hydrogens (tertiary/aromatic N) is 2. The highest BCUT2D eigenvalue weighted by molar-refractivity contribution is 5.93. The lowest BCUT2D eigenvalue weighted by Crippen LogP contribution is -2.22. The smallest absolute Gasteiger partial charge is 0.339 e. The van der Waals surface area contributed by atoms with Gasteiger partial charge in [0.1, 0.15) is 11.4 Å². The summed E-state index contributed by atoms with van der Waals surface area (Å²) in [5.74, 6) is 2.01. The molecule has 0 saturated heterocycles. The van der Waals surface area contributed by atoms with E-state index < -0.39 is 5.97 Å². The second kappa shape index (κ2) is 4.46. The summed E-state index contributed by atoms with van der Waals surface area (Å²) in [6.07, 6.45) is 8.13. The number of aromatic nitrogens is 1. The number of carbonyl (C=O) groups is 1. The SMILES string of the molecule is C#CCN(C)c1nc2c(cc1C(=O)O)CCC2. The molecule has 1 aliphatic rings. The summed E-state index contributed by atoms with van der Waals surface area (Å²) >= 11 is 0. The van der Waals surface area contributed by atoms with Gasteiger partial charge in [-0.05, 0) is 30.9 Å². The van der Waals surface area contributed by atoms with Crippen molar-refractivity contribution in [1.82, 2.24) is 4.98 Å². The molecule has 1 heterocycles. The molecule has 4 nitrogen and oxygen atoms in total. The molecule has 0 aliphatic heterocycles. The molecule has 0 bridgehead atoms. The molecule has 1 N–H and O–H groups in total. The van der Waals surface area contributed by atoms with Gasteiger partial charge >= 0.3 is 5.97 Å². The van der Waals surface area contributed by atoms with Crippen LogP contribution >= 0.6 is 0 Å². The van der Waals surface area contributed by atoms with Gasteiger partial charge in [-0.1, -0.05) is 5.92 Å². The largest absolute Gasteiger partial charge is 0.478 e. The molecule has 0 amide bonds. The predicted molar refractivity (Wildman–Crippen MR) is 65.3 cm³/mol. The summed E-state index contributed by atoms with van der Waals surface area (Å²) in [5, 5.41) is 9.20. The summed E-state index contributed by atoms with van der Waals surface area (Å²) < 4.78 is 0. The molecule has 0 saturated carbocycles. The van der Waals surface area contributed by atoms with Crippen molar-refractivity contribution in [3.05, 3.63) is 22.9 Å². The van der Waals surface area contributed by atoms with E-state index in [1.807, 2.05) is 0 Å². The Kier molecular flexibility index (Phi) is 3.01. The van der Waals surface area contributed by atoms with E-state index in [1.165, 1.54) is 0 Å². The van der Waals surface area contributed by atoms with Crippen LogP contribution in [0.3, 0.4) is 0 Å². The Balaban J connectivity index is 2.49. The van der Waals surface area contributed by atoms with Gasteiger partial charge < -0.3 is 10.0 Å². The second-order valence-electron chi connectivity index (χ2n) is 4.18. The third kappa shape index (κ3) is 2.09. The summed E-state index contributed by atoms with van der Waals surface area (Å²) in [7, 11) is 1.76. The van der Waals surface area contributed by atoms with Crippen LogP contribution in [0.25, 0.3) is 0 Å². The Labute approximate surface area is 100 Å². The Morgan fingerprint density at radius 3 is 3.06 bits per heavy atom.